The van der Waals surface area contributed by atoms with E-state index in [0.29, 0.717) is 5.41 Å². The van der Waals surface area contributed by atoms with Crippen LogP contribution < -0.4 is 5.73 Å². The van der Waals surface area contributed by atoms with Gasteiger partial charge in [0.2, 0.25) is 0 Å². The van der Waals surface area contributed by atoms with E-state index in [1.54, 1.807) is 0 Å². The van der Waals surface area contributed by atoms with Gasteiger partial charge in [0.25, 0.3) is 0 Å². The Morgan fingerprint density at radius 2 is 1.67 bits per heavy atom. The van der Waals surface area contributed by atoms with Crippen LogP contribution in [-0.4, -0.2) is 21.8 Å². The Morgan fingerprint density at radius 1 is 1.17 bits per heavy atom. The zero-order valence-electron chi connectivity index (χ0n) is 11.6. The van der Waals surface area contributed by atoms with Crippen LogP contribution in [0.1, 0.15) is 51.9 Å². The van der Waals surface area contributed by atoms with E-state index in [-0.39, 0.29) is 6.04 Å². The standard InChI is InChI=1S/C15H27NOS/c1-2-3-18(17)10-14(16)15-7-11-4-12(8-15)6-13(5-11)9-15/h11-14H,2-10,16H2,1H3. The number of nitrogens with two attached hydrogens (primary N) is 1. The molecule has 4 saturated carbocycles. The topological polar surface area (TPSA) is 43.1 Å². The maximum absolute atomic E-state index is 12.0. The highest BCUT2D eigenvalue weighted by Gasteiger charge is 2.53. The van der Waals surface area contributed by atoms with Crippen LogP contribution in [0.25, 0.3) is 0 Å². The molecule has 3 heteroatoms. The van der Waals surface area contributed by atoms with E-state index in [2.05, 4.69) is 6.92 Å². The third kappa shape index (κ3) is 2.29. The summed E-state index contributed by atoms with van der Waals surface area (Å²) in [4.78, 5) is 0. The zero-order chi connectivity index (χ0) is 12.8. The molecule has 0 aliphatic heterocycles. The van der Waals surface area contributed by atoms with Gasteiger partial charge >= 0.3 is 0 Å². The Hall–Kier alpha value is 0.110. The molecule has 0 heterocycles. The molecule has 0 radical (unpaired) electrons. The van der Waals surface area contributed by atoms with Crippen LogP contribution in [0, 0.1) is 23.2 Å². The summed E-state index contributed by atoms with van der Waals surface area (Å²) in [7, 11) is -0.688. The molecule has 0 aromatic heterocycles. The predicted octanol–water partition coefficient (Wildman–Crippen LogP) is 2.69. The van der Waals surface area contributed by atoms with Crippen molar-refractivity contribution in [3.63, 3.8) is 0 Å². The zero-order valence-corrected chi connectivity index (χ0v) is 12.4. The minimum Gasteiger partial charge on any atom is -0.326 e. The summed E-state index contributed by atoms with van der Waals surface area (Å²) in [5.74, 6) is 4.42. The largest absolute Gasteiger partial charge is 0.326 e. The average Bonchev–Trinajstić information content (AvgIpc) is 2.27. The second-order valence-electron chi connectivity index (χ2n) is 7.20. The molecular formula is C15H27NOS. The van der Waals surface area contributed by atoms with E-state index in [9.17, 15) is 4.21 Å². The summed E-state index contributed by atoms with van der Waals surface area (Å²) in [6, 6.07) is 0.193. The van der Waals surface area contributed by atoms with Crippen molar-refractivity contribution in [1.29, 1.82) is 0 Å². The molecule has 0 saturated heterocycles. The highest BCUT2D eigenvalue weighted by atomic mass is 32.2. The first-order chi connectivity index (χ1) is 8.61. The minimum absolute atomic E-state index is 0.193. The van der Waals surface area contributed by atoms with Crippen LogP contribution >= 0.6 is 0 Å². The summed E-state index contributed by atoms with van der Waals surface area (Å²) in [5.41, 5.74) is 6.88. The Balaban J connectivity index is 1.69. The molecule has 0 amide bonds. The van der Waals surface area contributed by atoms with Crippen molar-refractivity contribution in [2.75, 3.05) is 11.5 Å². The minimum atomic E-state index is -0.688. The summed E-state index contributed by atoms with van der Waals surface area (Å²) in [5, 5.41) is 0. The van der Waals surface area contributed by atoms with E-state index < -0.39 is 10.8 Å². The summed E-state index contributed by atoms with van der Waals surface area (Å²) >= 11 is 0. The smallest absolute Gasteiger partial charge is 0.0392 e. The second-order valence-corrected chi connectivity index (χ2v) is 8.82. The molecule has 2 atom stereocenters. The van der Waals surface area contributed by atoms with E-state index in [4.69, 9.17) is 5.73 Å². The van der Waals surface area contributed by atoms with Crippen molar-refractivity contribution in [3.8, 4) is 0 Å². The van der Waals surface area contributed by atoms with Gasteiger partial charge in [0, 0.05) is 28.3 Å². The van der Waals surface area contributed by atoms with E-state index >= 15 is 0 Å². The average molecular weight is 269 g/mol. The molecule has 18 heavy (non-hydrogen) atoms. The number of rotatable bonds is 5. The molecule has 2 unspecified atom stereocenters. The maximum Gasteiger partial charge on any atom is 0.0392 e. The van der Waals surface area contributed by atoms with E-state index in [1.165, 1.54) is 38.5 Å². The second kappa shape index (κ2) is 4.90. The maximum atomic E-state index is 12.0. The van der Waals surface area contributed by atoms with Crippen LogP contribution in [0.15, 0.2) is 0 Å². The van der Waals surface area contributed by atoms with Gasteiger partial charge in [0.15, 0.2) is 0 Å². The van der Waals surface area contributed by atoms with Gasteiger partial charge in [-0.3, -0.25) is 4.21 Å². The lowest BCUT2D eigenvalue weighted by molar-refractivity contribution is -0.0630. The molecule has 104 valence electrons. The Kier molecular flexibility index (Phi) is 3.57. The van der Waals surface area contributed by atoms with Gasteiger partial charge in [0.05, 0.1) is 0 Å². The fraction of sp³-hybridized carbons (Fsp3) is 1.00. The molecule has 4 aliphatic carbocycles. The summed E-state index contributed by atoms with van der Waals surface area (Å²) in [6.07, 6.45) is 9.41. The predicted molar refractivity (Wildman–Crippen MR) is 76.7 cm³/mol. The molecule has 2 N–H and O–H groups in total. The van der Waals surface area contributed by atoms with Crippen molar-refractivity contribution in [2.45, 2.75) is 57.9 Å². The number of hydrogen-bond donors (Lipinski definition) is 1. The van der Waals surface area contributed by atoms with Crippen LogP contribution in [0.2, 0.25) is 0 Å². The molecule has 0 spiro atoms. The van der Waals surface area contributed by atoms with Crippen molar-refractivity contribution in [2.24, 2.45) is 28.9 Å². The van der Waals surface area contributed by atoms with Crippen molar-refractivity contribution < 1.29 is 4.21 Å². The molecule has 0 aromatic rings. The molecular weight excluding hydrogens is 242 g/mol. The van der Waals surface area contributed by atoms with Crippen molar-refractivity contribution in [1.82, 2.24) is 0 Å². The monoisotopic (exact) mass is 269 g/mol. The van der Waals surface area contributed by atoms with Gasteiger partial charge in [-0.1, -0.05) is 6.92 Å². The Labute approximate surface area is 114 Å². The first-order valence-electron chi connectivity index (χ1n) is 7.72. The molecule has 4 rings (SSSR count). The van der Waals surface area contributed by atoms with Crippen LogP contribution in [0.4, 0.5) is 0 Å². The van der Waals surface area contributed by atoms with Gasteiger partial charge in [-0.15, -0.1) is 0 Å². The first kappa shape index (κ1) is 13.1. The third-order valence-electron chi connectivity index (χ3n) is 5.67. The molecule has 4 aliphatic rings. The van der Waals surface area contributed by atoms with Crippen molar-refractivity contribution in [3.05, 3.63) is 0 Å². The highest BCUT2D eigenvalue weighted by molar-refractivity contribution is 7.85. The van der Waals surface area contributed by atoms with E-state index in [1.807, 2.05) is 0 Å². The molecule has 4 bridgehead atoms. The Morgan fingerprint density at radius 3 is 2.11 bits per heavy atom. The van der Waals surface area contributed by atoms with Crippen LogP contribution in [-0.2, 0) is 10.8 Å². The summed E-state index contributed by atoms with van der Waals surface area (Å²) < 4.78 is 12.0. The SMILES string of the molecule is CCCS(=O)CC(N)C12CC3CC(CC(C3)C1)C2. The quantitative estimate of drug-likeness (QED) is 0.834. The first-order valence-corrected chi connectivity index (χ1v) is 9.20. The van der Waals surface area contributed by atoms with Gasteiger partial charge in [-0.05, 0) is 68.1 Å². The highest BCUT2D eigenvalue weighted by Crippen LogP contribution is 2.61. The lowest BCUT2D eigenvalue weighted by atomic mass is 9.48. The van der Waals surface area contributed by atoms with E-state index in [0.717, 1.165) is 35.7 Å². The fourth-order valence-corrected chi connectivity index (χ4v) is 6.70. The normalized spacial score (nSPS) is 45.1. The third-order valence-corrected chi connectivity index (χ3v) is 7.26. The van der Waals surface area contributed by atoms with Gasteiger partial charge < -0.3 is 5.73 Å². The van der Waals surface area contributed by atoms with Crippen LogP contribution in [0.3, 0.4) is 0 Å². The molecule has 0 aromatic carbocycles. The van der Waals surface area contributed by atoms with Gasteiger partial charge in [-0.2, -0.15) is 0 Å². The molecule has 2 nitrogen and oxygen atoms in total. The Bertz CT molecular complexity index is 306. The lowest BCUT2D eigenvalue weighted by Gasteiger charge is -2.58. The fourth-order valence-electron chi connectivity index (χ4n) is 5.32. The van der Waals surface area contributed by atoms with Gasteiger partial charge in [0.1, 0.15) is 0 Å². The van der Waals surface area contributed by atoms with Crippen molar-refractivity contribution >= 4 is 10.8 Å². The van der Waals surface area contributed by atoms with Gasteiger partial charge in [-0.25, -0.2) is 0 Å². The van der Waals surface area contributed by atoms with Crippen LogP contribution in [0.5, 0.6) is 0 Å². The summed E-state index contributed by atoms with van der Waals surface area (Å²) in [6.45, 7) is 2.11. The molecule has 4 fully saturated rings. The number of hydrogen-bond acceptors (Lipinski definition) is 2. The lowest BCUT2D eigenvalue weighted by Crippen LogP contribution is -2.56.